The van der Waals surface area contributed by atoms with Crippen molar-refractivity contribution in [1.29, 1.82) is 0 Å². The number of halogens is 1. The third-order valence-corrected chi connectivity index (χ3v) is 3.89. The third-order valence-electron chi connectivity index (χ3n) is 3.89. The molecular weight excluding hydrogens is 245 g/mol. The number of aliphatic hydroxyl groups excluding tert-OH is 1. The number of nitrogens with one attached hydrogen (secondary N) is 1. The summed E-state index contributed by atoms with van der Waals surface area (Å²) in [4.78, 5) is 11.7. The number of carbonyl (C=O) groups excluding carboxylic acids is 1. The minimum Gasteiger partial charge on any atom is -0.388 e. The van der Waals surface area contributed by atoms with Crippen molar-refractivity contribution in [3.8, 4) is 0 Å². The van der Waals surface area contributed by atoms with E-state index in [0.717, 1.165) is 12.8 Å². The molecule has 19 heavy (non-hydrogen) atoms. The quantitative estimate of drug-likeness (QED) is 0.859. The highest BCUT2D eigenvalue weighted by atomic mass is 19.1. The fraction of sp³-hybridized carbons (Fsp3) is 0.533. The van der Waals surface area contributed by atoms with Crippen LogP contribution in [-0.2, 0) is 4.79 Å². The van der Waals surface area contributed by atoms with E-state index >= 15 is 0 Å². The summed E-state index contributed by atoms with van der Waals surface area (Å²) in [6.07, 6.45) is 2.52. The lowest BCUT2D eigenvalue weighted by molar-refractivity contribution is -0.123. The maximum absolute atomic E-state index is 13.0. The molecule has 1 saturated carbocycles. The number of carbonyl (C=O) groups is 1. The van der Waals surface area contributed by atoms with Crippen molar-refractivity contribution in [3.05, 3.63) is 35.6 Å². The zero-order valence-electron chi connectivity index (χ0n) is 11.2. The second kappa shape index (κ2) is 5.70. The maximum Gasteiger partial charge on any atom is 0.222 e. The van der Waals surface area contributed by atoms with Gasteiger partial charge in [-0.2, -0.15) is 0 Å². The molecule has 2 rings (SSSR count). The average molecular weight is 265 g/mol. The standard InChI is InChI=1S/C15H20FNO2/c1-15(6-3-7-15)10-17-14(19)9-13(18)11-4-2-5-12(16)8-11/h2,4-5,8,13,18H,3,6-7,9-10H2,1H3,(H,17,19). The molecule has 0 radical (unpaired) electrons. The lowest BCUT2D eigenvalue weighted by atomic mass is 9.70. The van der Waals surface area contributed by atoms with Gasteiger partial charge in [0.2, 0.25) is 5.91 Å². The first-order valence-corrected chi connectivity index (χ1v) is 6.69. The van der Waals surface area contributed by atoms with Crippen LogP contribution in [-0.4, -0.2) is 17.6 Å². The van der Waals surface area contributed by atoms with Crippen LogP contribution in [0.5, 0.6) is 0 Å². The Balaban J connectivity index is 1.81. The molecule has 4 heteroatoms. The molecule has 0 saturated heterocycles. The Bertz CT molecular complexity index is 457. The Morgan fingerprint density at radius 2 is 2.26 bits per heavy atom. The molecule has 2 N–H and O–H groups in total. The van der Waals surface area contributed by atoms with Crippen LogP contribution in [0.4, 0.5) is 4.39 Å². The van der Waals surface area contributed by atoms with Crippen LogP contribution in [0.25, 0.3) is 0 Å². The van der Waals surface area contributed by atoms with Gasteiger partial charge in [-0.3, -0.25) is 4.79 Å². The van der Waals surface area contributed by atoms with E-state index in [2.05, 4.69) is 12.2 Å². The topological polar surface area (TPSA) is 49.3 Å². The van der Waals surface area contributed by atoms with E-state index in [1.807, 2.05) is 0 Å². The van der Waals surface area contributed by atoms with E-state index in [1.54, 1.807) is 6.07 Å². The molecule has 1 aromatic rings. The van der Waals surface area contributed by atoms with Gasteiger partial charge in [0.05, 0.1) is 12.5 Å². The minimum atomic E-state index is -0.954. The highest BCUT2D eigenvalue weighted by molar-refractivity contribution is 5.76. The SMILES string of the molecule is CC1(CNC(=O)CC(O)c2cccc(F)c2)CCC1. The van der Waals surface area contributed by atoms with Gasteiger partial charge >= 0.3 is 0 Å². The molecule has 0 spiro atoms. The van der Waals surface area contributed by atoms with Crippen LogP contribution in [0.3, 0.4) is 0 Å². The van der Waals surface area contributed by atoms with Crippen molar-refractivity contribution < 1.29 is 14.3 Å². The molecule has 1 aromatic carbocycles. The largest absolute Gasteiger partial charge is 0.388 e. The molecular formula is C15H20FNO2. The number of aliphatic hydroxyl groups is 1. The second-order valence-electron chi connectivity index (χ2n) is 5.72. The molecule has 0 heterocycles. The highest BCUT2D eigenvalue weighted by Gasteiger charge is 2.31. The Kier molecular flexibility index (Phi) is 4.20. The van der Waals surface area contributed by atoms with Gasteiger partial charge in [-0.15, -0.1) is 0 Å². The second-order valence-corrected chi connectivity index (χ2v) is 5.72. The van der Waals surface area contributed by atoms with Gasteiger partial charge in [-0.1, -0.05) is 25.5 Å². The number of benzene rings is 1. The first kappa shape index (κ1) is 14.0. The van der Waals surface area contributed by atoms with Crippen molar-refractivity contribution in [2.45, 2.75) is 38.7 Å². The monoisotopic (exact) mass is 265 g/mol. The molecule has 1 aliphatic carbocycles. The Morgan fingerprint density at radius 3 is 2.84 bits per heavy atom. The van der Waals surface area contributed by atoms with Crippen molar-refractivity contribution in [1.82, 2.24) is 5.32 Å². The molecule has 1 fully saturated rings. The molecule has 104 valence electrons. The summed E-state index contributed by atoms with van der Waals surface area (Å²) < 4.78 is 13.0. The number of amides is 1. The molecule has 1 atom stereocenters. The summed E-state index contributed by atoms with van der Waals surface area (Å²) in [5.74, 6) is -0.594. The fourth-order valence-corrected chi connectivity index (χ4v) is 2.35. The van der Waals surface area contributed by atoms with Crippen LogP contribution in [0, 0.1) is 11.2 Å². The smallest absolute Gasteiger partial charge is 0.222 e. The molecule has 0 aliphatic heterocycles. The van der Waals surface area contributed by atoms with Crippen LogP contribution < -0.4 is 5.32 Å². The maximum atomic E-state index is 13.0. The first-order valence-electron chi connectivity index (χ1n) is 6.69. The van der Waals surface area contributed by atoms with Crippen molar-refractivity contribution >= 4 is 5.91 Å². The van der Waals surface area contributed by atoms with Crippen LogP contribution in [0.15, 0.2) is 24.3 Å². The van der Waals surface area contributed by atoms with Gasteiger partial charge in [-0.05, 0) is 36.0 Å². The summed E-state index contributed by atoms with van der Waals surface area (Å²) >= 11 is 0. The van der Waals surface area contributed by atoms with Crippen LogP contribution in [0.2, 0.25) is 0 Å². The molecule has 0 aromatic heterocycles. The number of hydrogen-bond donors (Lipinski definition) is 2. The minimum absolute atomic E-state index is 0.0282. The Hall–Kier alpha value is -1.42. The van der Waals surface area contributed by atoms with Crippen molar-refractivity contribution in [2.24, 2.45) is 5.41 Å². The third kappa shape index (κ3) is 3.77. The summed E-state index contributed by atoms with van der Waals surface area (Å²) in [5.41, 5.74) is 0.657. The zero-order valence-corrected chi connectivity index (χ0v) is 11.2. The van der Waals surface area contributed by atoms with E-state index in [9.17, 15) is 14.3 Å². The van der Waals surface area contributed by atoms with E-state index in [1.165, 1.54) is 24.6 Å². The highest BCUT2D eigenvalue weighted by Crippen LogP contribution is 2.39. The molecule has 1 unspecified atom stereocenters. The van der Waals surface area contributed by atoms with E-state index in [-0.39, 0.29) is 17.7 Å². The van der Waals surface area contributed by atoms with Crippen molar-refractivity contribution in [2.75, 3.05) is 6.54 Å². The molecule has 1 amide bonds. The van der Waals surface area contributed by atoms with Crippen molar-refractivity contribution in [3.63, 3.8) is 0 Å². The lowest BCUT2D eigenvalue weighted by Gasteiger charge is -2.38. The van der Waals surface area contributed by atoms with Gasteiger partial charge in [0.1, 0.15) is 5.82 Å². The first-order chi connectivity index (χ1) is 8.98. The fourth-order valence-electron chi connectivity index (χ4n) is 2.35. The number of hydrogen-bond acceptors (Lipinski definition) is 2. The normalized spacial score (nSPS) is 18.5. The summed E-state index contributed by atoms with van der Waals surface area (Å²) in [6, 6.07) is 5.72. The van der Waals surface area contributed by atoms with Gasteiger partial charge in [-0.25, -0.2) is 4.39 Å². The zero-order chi connectivity index (χ0) is 13.9. The summed E-state index contributed by atoms with van der Waals surface area (Å²) in [7, 11) is 0. The van der Waals surface area contributed by atoms with E-state index in [4.69, 9.17) is 0 Å². The molecule has 1 aliphatic rings. The van der Waals surface area contributed by atoms with Gasteiger partial charge < -0.3 is 10.4 Å². The molecule has 0 bridgehead atoms. The van der Waals surface area contributed by atoms with E-state index in [0.29, 0.717) is 12.1 Å². The van der Waals surface area contributed by atoms with Gasteiger partial charge in [0.25, 0.3) is 0 Å². The Labute approximate surface area is 112 Å². The predicted octanol–water partition coefficient (Wildman–Crippen LogP) is 2.56. The Morgan fingerprint density at radius 1 is 1.53 bits per heavy atom. The summed E-state index contributed by atoms with van der Waals surface area (Å²) in [5, 5.41) is 12.7. The van der Waals surface area contributed by atoms with Gasteiger partial charge in [0, 0.05) is 6.54 Å². The van der Waals surface area contributed by atoms with Crippen LogP contribution >= 0.6 is 0 Å². The van der Waals surface area contributed by atoms with Gasteiger partial charge in [0.15, 0.2) is 0 Å². The number of rotatable bonds is 5. The van der Waals surface area contributed by atoms with Crippen LogP contribution in [0.1, 0.15) is 44.3 Å². The average Bonchev–Trinajstić information content (AvgIpc) is 2.34. The van der Waals surface area contributed by atoms with E-state index < -0.39 is 11.9 Å². The summed E-state index contributed by atoms with van der Waals surface area (Å²) in [6.45, 7) is 2.81. The molecule has 3 nitrogen and oxygen atoms in total. The predicted molar refractivity (Wildman–Crippen MR) is 70.9 cm³/mol. The lowest BCUT2D eigenvalue weighted by Crippen LogP contribution is -2.40.